The van der Waals surface area contributed by atoms with Gasteiger partial charge in [0.05, 0.1) is 0 Å². The molecule has 0 spiro atoms. The van der Waals surface area contributed by atoms with Crippen molar-refractivity contribution in [1.82, 2.24) is 0 Å². The second kappa shape index (κ2) is 3.11. The Balaban J connectivity index is 2.28. The molecule has 0 saturated carbocycles. The Morgan fingerprint density at radius 3 is 2.55 bits per heavy atom. The van der Waals surface area contributed by atoms with Crippen LogP contribution in [0.4, 0.5) is 0 Å². The molecule has 1 heterocycles. The molecule has 1 aliphatic heterocycles. The minimum Gasteiger partial charge on any atom is -0.243 e. The minimum atomic E-state index is 0.376. The Morgan fingerprint density at radius 2 is 2.09 bits per heavy atom. The summed E-state index contributed by atoms with van der Waals surface area (Å²) in [5, 5.41) is 7.70. The highest BCUT2D eigenvalue weighted by molar-refractivity contribution is 5.83. The monoisotopic (exact) mass is 153 g/mol. The van der Waals surface area contributed by atoms with E-state index < -0.39 is 0 Å². The van der Waals surface area contributed by atoms with Crippen LogP contribution >= 0.6 is 0 Å². The maximum Gasteiger partial charge on any atom is 0.152 e. The van der Waals surface area contributed by atoms with E-state index in [1.54, 1.807) is 0 Å². The Hall–Kier alpha value is -0.730. The van der Waals surface area contributed by atoms with Gasteiger partial charge in [0.2, 0.25) is 0 Å². The van der Waals surface area contributed by atoms with Gasteiger partial charge in [-0.2, -0.15) is 5.11 Å². The summed E-state index contributed by atoms with van der Waals surface area (Å²) in [5.74, 6) is 0.917. The van der Waals surface area contributed by atoms with Crippen LogP contribution in [0.15, 0.2) is 15.2 Å². The van der Waals surface area contributed by atoms with Crippen molar-refractivity contribution >= 4 is 5.84 Å². The lowest BCUT2D eigenvalue weighted by Gasteiger charge is -2.16. The lowest BCUT2D eigenvalue weighted by atomic mass is 9.90. The number of hydrogen-bond acceptors (Lipinski definition) is 3. The third kappa shape index (κ3) is 3.25. The highest BCUT2D eigenvalue weighted by Crippen LogP contribution is 2.21. The van der Waals surface area contributed by atoms with Gasteiger partial charge >= 0.3 is 0 Å². The molecular formula is C8H15N3. The van der Waals surface area contributed by atoms with E-state index in [0.29, 0.717) is 12.1 Å². The SMILES string of the molecule is CC(C)(C)CCC1=NCN=N1. The number of nitrogens with zero attached hydrogens (tertiary/aromatic N) is 3. The molecule has 0 aliphatic carbocycles. The van der Waals surface area contributed by atoms with Crippen molar-refractivity contribution in [2.24, 2.45) is 20.6 Å². The molecule has 0 radical (unpaired) electrons. The van der Waals surface area contributed by atoms with Gasteiger partial charge in [0, 0.05) is 6.42 Å². The molecule has 1 aliphatic rings. The summed E-state index contributed by atoms with van der Waals surface area (Å²) in [6, 6.07) is 0. The Labute approximate surface area is 67.6 Å². The van der Waals surface area contributed by atoms with E-state index in [1.807, 2.05) is 0 Å². The third-order valence-corrected chi connectivity index (χ3v) is 1.60. The maximum atomic E-state index is 4.12. The van der Waals surface area contributed by atoms with Crippen LogP contribution in [0.1, 0.15) is 33.6 Å². The van der Waals surface area contributed by atoms with Crippen molar-refractivity contribution < 1.29 is 0 Å². The molecule has 0 saturated heterocycles. The Kier molecular flexibility index (Phi) is 2.37. The van der Waals surface area contributed by atoms with Gasteiger partial charge in [0.15, 0.2) is 6.67 Å². The molecule has 0 unspecified atom stereocenters. The number of rotatable bonds is 2. The molecule has 3 nitrogen and oxygen atoms in total. The van der Waals surface area contributed by atoms with Crippen LogP contribution in [0.5, 0.6) is 0 Å². The quantitative estimate of drug-likeness (QED) is 0.585. The number of aliphatic imine (C=N–C) groups is 1. The highest BCUT2D eigenvalue weighted by Gasteiger charge is 2.12. The molecule has 0 aromatic heterocycles. The first-order chi connectivity index (χ1) is 5.08. The average Bonchev–Trinajstić information content (AvgIpc) is 2.32. The first-order valence-corrected chi connectivity index (χ1v) is 3.99. The van der Waals surface area contributed by atoms with Crippen LogP contribution < -0.4 is 0 Å². The number of azo groups is 1. The summed E-state index contributed by atoms with van der Waals surface area (Å²) in [7, 11) is 0. The summed E-state index contributed by atoms with van der Waals surface area (Å²) in [6.07, 6.45) is 2.10. The molecule has 11 heavy (non-hydrogen) atoms. The molecule has 0 aromatic rings. The highest BCUT2D eigenvalue weighted by atomic mass is 15.2. The lowest BCUT2D eigenvalue weighted by molar-refractivity contribution is 0.386. The van der Waals surface area contributed by atoms with Crippen molar-refractivity contribution in [1.29, 1.82) is 0 Å². The fraction of sp³-hybridized carbons (Fsp3) is 0.875. The largest absolute Gasteiger partial charge is 0.243 e. The Morgan fingerprint density at radius 1 is 1.36 bits per heavy atom. The fourth-order valence-corrected chi connectivity index (χ4v) is 0.874. The van der Waals surface area contributed by atoms with Gasteiger partial charge in [-0.15, -0.1) is 5.11 Å². The molecule has 3 heteroatoms. The molecule has 0 amide bonds. The topological polar surface area (TPSA) is 37.1 Å². The molecule has 0 N–H and O–H groups in total. The van der Waals surface area contributed by atoms with Crippen LogP contribution in [-0.4, -0.2) is 12.5 Å². The third-order valence-electron chi connectivity index (χ3n) is 1.60. The zero-order valence-corrected chi connectivity index (χ0v) is 7.46. The van der Waals surface area contributed by atoms with E-state index in [4.69, 9.17) is 0 Å². The first kappa shape index (κ1) is 8.37. The molecule has 1 rings (SSSR count). The summed E-state index contributed by atoms with van der Waals surface area (Å²) in [6.45, 7) is 7.21. The van der Waals surface area contributed by atoms with Crippen molar-refractivity contribution in [2.75, 3.05) is 6.67 Å². The van der Waals surface area contributed by atoms with E-state index in [2.05, 4.69) is 36.0 Å². The summed E-state index contributed by atoms with van der Waals surface area (Å²) in [4.78, 5) is 4.12. The predicted molar refractivity (Wildman–Crippen MR) is 45.8 cm³/mol. The molecule has 0 fully saturated rings. The van der Waals surface area contributed by atoms with E-state index >= 15 is 0 Å². The Bertz CT molecular complexity index is 186. The van der Waals surface area contributed by atoms with Crippen molar-refractivity contribution in [2.45, 2.75) is 33.6 Å². The zero-order chi connectivity index (χ0) is 8.32. The molecule has 0 aromatic carbocycles. The van der Waals surface area contributed by atoms with Crippen LogP contribution in [0, 0.1) is 5.41 Å². The average molecular weight is 153 g/mol. The van der Waals surface area contributed by atoms with Crippen LogP contribution in [0.2, 0.25) is 0 Å². The summed E-state index contributed by atoms with van der Waals surface area (Å²) < 4.78 is 0. The van der Waals surface area contributed by atoms with Crippen LogP contribution in [0.3, 0.4) is 0 Å². The van der Waals surface area contributed by atoms with Crippen LogP contribution in [-0.2, 0) is 0 Å². The van der Waals surface area contributed by atoms with Crippen LogP contribution in [0.25, 0.3) is 0 Å². The van der Waals surface area contributed by atoms with Gasteiger partial charge in [-0.1, -0.05) is 20.8 Å². The van der Waals surface area contributed by atoms with E-state index in [9.17, 15) is 0 Å². The maximum absolute atomic E-state index is 4.12. The van der Waals surface area contributed by atoms with Gasteiger partial charge in [-0.3, -0.25) is 0 Å². The van der Waals surface area contributed by atoms with Crippen molar-refractivity contribution in [3.63, 3.8) is 0 Å². The van der Waals surface area contributed by atoms with E-state index in [0.717, 1.165) is 18.7 Å². The standard InChI is InChI=1S/C8H15N3/c1-8(2,3)5-4-7-9-6-10-11-7/h4-6H2,1-3H3. The summed E-state index contributed by atoms with van der Waals surface area (Å²) >= 11 is 0. The van der Waals surface area contributed by atoms with Gasteiger partial charge in [-0.05, 0) is 11.8 Å². The molecular weight excluding hydrogens is 138 g/mol. The minimum absolute atomic E-state index is 0.376. The number of hydrogen-bond donors (Lipinski definition) is 0. The van der Waals surface area contributed by atoms with Gasteiger partial charge in [0.1, 0.15) is 5.84 Å². The molecule has 62 valence electrons. The summed E-state index contributed by atoms with van der Waals surface area (Å²) in [5.41, 5.74) is 0.376. The lowest BCUT2D eigenvalue weighted by Crippen LogP contribution is -2.06. The van der Waals surface area contributed by atoms with Gasteiger partial charge in [0.25, 0.3) is 0 Å². The predicted octanol–water partition coefficient (Wildman–Crippen LogP) is 2.63. The van der Waals surface area contributed by atoms with Gasteiger partial charge in [-0.25, -0.2) is 4.99 Å². The smallest absolute Gasteiger partial charge is 0.152 e. The van der Waals surface area contributed by atoms with Crippen molar-refractivity contribution in [3.05, 3.63) is 0 Å². The van der Waals surface area contributed by atoms with E-state index in [1.165, 1.54) is 0 Å². The number of amidine groups is 1. The first-order valence-electron chi connectivity index (χ1n) is 3.99. The normalized spacial score (nSPS) is 17.2. The van der Waals surface area contributed by atoms with Gasteiger partial charge < -0.3 is 0 Å². The fourth-order valence-electron chi connectivity index (χ4n) is 0.874. The zero-order valence-electron chi connectivity index (χ0n) is 7.46. The van der Waals surface area contributed by atoms with E-state index in [-0.39, 0.29) is 0 Å². The second-order valence-corrected chi connectivity index (χ2v) is 4.02. The second-order valence-electron chi connectivity index (χ2n) is 4.02. The van der Waals surface area contributed by atoms with Crippen molar-refractivity contribution in [3.8, 4) is 0 Å². The molecule has 0 atom stereocenters. The molecule has 0 bridgehead atoms.